The van der Waals surface area contributed by atoms with Gasteiger partial charge in [-0.1, -0.05) is 0 Å². The van der Waals surface area contributed by atoms with E-state index in [1.54, 1.807) is 0 Å². The molecule has 0 aromatic carbocycles. The van der Waals surface area contributed by atoms with E-state index in [0.717, 1.165) is 0 Å². The van der Waals surface area contributed by atoms with Crippen LogP contribution >= 0.6 is 0 Å². The summed E-state index contributed by atoms with van der Waals surface area (Å²) < 4.78 is 0. The summed E-state index contributed by atoms with van der Waals surface area (Å²) >= 11 is 0. The van der Waals surface area contributed by atoms with Crippen molar-refractivity contribution >= 4 is 17.4 Å². The van der Waals surface area contributed by atoms with E-state index in [2.05, 4.69) is 0 Å². The summed E-state index contributed by atoms with van der Waals surface area (Å²) in [6.07, 6.45) is 0. The monoisotopic (exact) mass is 237 g/mol. The van der Waals surface area contributed by atoms with Crippen molar-refractivity contribution in [3.05, 3.63) is 0 Å². The topological polar surface area (TPSA) is 0 Å². The van der Waals surface area contributed by atoms with Crippen LogP contribution in [0.1, 0.15) is 0 Å². The van der Waals surface area contributed by atoms with E-state index in [1.807, 2.05) is 0 Å². The average molecular weight is 236 g/mol. The zero-order chi connectivity index (χ0) is 0. The van der Waals surface area contributed by atoms with Gasteiger partial charge in [0, 0.05) is 54.9 Å². The van der Waals surface area contributed by atoms with Gasteiger partial charge in [0.15, 0.2) is 0 Å². The van der Waals surface area contributed by atoms with Gasteiger partial charge in [0.2, 0.25) is 0 Å². The van der Waals surface area contributed by atoms with Crippen LogP contribution in [-0.4, -0.2) is 17.4 Å². The molecule has 0 saturated heterocycles. The van der Waals surface area contributed by atoms with Crippen molar-refractivity contribution in [3.63, 3.8) is 0 Å². The molecule has 0 aliphatic carbocycles. The minimum Gasteiger partial charge on any atom is 0 e. The van der Waals surface area contributed by atoms with Crippen LogP contribution in [0.25, 0.3) is 0 Å². The van der Waals surface area contributed by atoms with Gasteiger partial charge >= 0.3 is 0 Å². The van der Waals surface area contributed by atoms with Crippen molar-refractivity contribution in [1.82, 2.24) is 0 Å². The Morgan fingerprint density at radius 3 is 1.00 bits per heavy atom. The first-order valence-corrected chi connectivity index (χ1v) is 0. The molecule has 27 valence electrons. The predicted molar refractivity (Wildman–Crippen MR) is 8.54 cm³/mol. The van der Waals surface area contributed by atoms with E-state index in [0.29, 0.717) is 0 Å². The minimum absolute atomic E-state index is 0. The standard InChI is InChI=1S/Al.Cr.Mo.Ni.2H. The third-order valence-electron chi connectivity index (χ3n) is 0. The Balaban J connectivity index is 0. The molecule has 0 saturated carbocycles. The Labute approximate surface area is 71.6 Å². The quantitative estimate of drug-likeness (QED) is 0.477. The zero-order valence-corrected chi connectivity index (χ0v) is 8.40. The number of hydrogen-bond donors (Lipinski definition) is 0. The van der Waals surface area contributed by atoms with E-state index in [9.17, 15) is 0 Å². The smallest absolute Gasteiger partial charge is 0 e. The van der Waals surface area contributed by atoms with Crippen molar-refractivity contribution in [1.29, 1.82) is 0 Å². The summed E-state index contributed by atoms with van der Waals surface area (Å²) in [6, 6.07) is 0. The molecule has 0 aliphatic rings. The van der Waals surface area contributed by atoms with Crippen molar-refractivity contribution in [2.45, 2.75) is 0 Å². The molecule has 4 heavy (non-hydrogen) atoms. The second-order valence-electron chi connectivity index (χ2n) is 0. The van der Waals surface area contributed by atoms with Crippen LogP contribution in [0.5, 0.6) is 0 Å². The minimum atomic E-state index is 0. The fourth-order valence-corrected chi connectivity index (χ4v) is 0. The van der Waals surface area contributed by atoms with Crippen LogP contribution in [0.2, 0.25) is 0 Å². The van der Waals surface area contributed by atoms with Gasteiger partial charge in [0.25, 0.3) is 0 Å². The molecule has 0 spiro atoms. The first-order chi connectivity index (χ1) is 0. The predicted octanol–water partition coefficient (Wildman–Crippen LogP) is -0.924. The van der Waals surface area contributed by atoms with Crippen LogP contribution < -0.4 is 0 Å². The molecule has 0 aromatic rings. The van der Waals surface area contributed by atoms with Gasteiger partial charge in [-0.2, -0.15) is 0 Å². The van der Waals surface area contributed by atoms with Gasteiger partial charge in [-0.25, -0.2) is 0 Å². The molecule has 0 aliphatic heterocycles. The van der Waals surface area contributed by atoms with E-state index >= 15 is 0 Å². The van der Waals surface area contributed by atoms with Crippen LogP contribution in [0, 0.1) is 0 Å². The molecule has 4 heteroatoms. The number of rotatable bonds is 0. The van der Waals surface area contributed by atoms with E-state index in [1.165, 1.54) is 0 Å². The molecule has 0 heterocycles. The molecular weight excluding hydrogens is 234 g/mol. The third-order valence-corrected chi connectivity index (χ3v) is 0. The largest absolute Gasteiger partial charge is 0.146 e. The Bertz CT molecular complexity index is 8.00. The Morgan fingerprint density at radius 1 is 1.00 bits per heavy atom. The van der Waals surface area contributed by atoms with E-state index in [-0.39, 0.29) is 72.3 Å². The molecule has 0 atom stereocenters. The van der Waals surface area contributed by atoms with Crippen LogP contribution in [0.15, 0.2) is 0 Å². The first kappa shape index (κ1) is 34.1. The third kappa shape index (κ3) is 8.87. The molecule has 1 radical (unpaired) electrons. The molecule has 0 amide bonds. The fourth-order valence-electron chi connectivity index (χ4n) is 0. The van der Waals surface area contributed by atoms with Crippen LogP contribution in [0.4, 0.5) is 0 Å². The van der Waals surface area contributed by atoms with Crippen molar-refractivity contribution in [3.8, 4) is 0 Å². The van der Waals surface area contributed by atoms with Gasteiger partial charge in [-0.05, 0) is 0 Å². The van der Waals surface area contributed by atoms with Gasteiger partial charge < -0.3 is 0 Å². The fraction of sp³-hybridized carbons (Fsp3) is 0. The maximum absolute atomic E-state index is 0. The molecular formula is H2AlCrMoNi. The first-order valence-electron chi connectivity index (χ1n) is 0. The summed E-state index contributed by atoms with van der Waals surface area (Å²) in [5.74, 6) is 0. The average Bonchev–Trinajstić information content (AvgIpc) is 0. The molecule has 0 rings (SSSR count). The van der Waals surface area contributed by atoms with E-state index in [4.69, 9.17) is 0 Å². The van der Waals surface area contributed by atoms with Crippen molar-refractivity contribution in [2.75, 3.05) is 0 Å². The summed E-state index contributed by atoms with van der Waals surface area (Å²) in [6.45, 7) is 0. The SMILES string of the molecule is [AlH2].[Cr].[Mo].[Ni]. The molecule has 0 N–H and O–H groups in total. The Morgan fingerprint density at radius 2 is 1.00 bits per heavy atom. The van der Waals surface area contributed by atoms with Crippen LogP contribution in [0.3, 0.4) is 0 Å². The molecule has 0 unspecified atom stereocenters. The van der Waals surface area contributed by atoms with Gasteiger partial charge in [-0.15, -0.1) is 0 Å². The second kappa shape index (κ2) is 18.7. The molecule has 0 aromatic heterocycles. The normalized spacial score (nSPS) is 0. The molecule has 0 fully saturated rings. The van der Waals surface area contributed by atoms with Gasteiger partial charge in [0.1, 0.15) is 17.4 Å². The van der Waals surface area contributed by atoms with E-state index < -0.39 is 0 Å². The van der Waals surface area contributed by atoms with Gasteiger partial charge in [-0.3, -0.25) is 0 Å². The van der Waals surface area contributed by atoms with Crippen LogP contribution in [-0.2, 0) is 54.9 Å². The molecule has 0 bridgehead atoms. The van der Waals surface area contributed by atoms with Crippen molar-refractivity contribution < 1.29 is 54.9 Å². The maximum Gasteiger partial charge on any atom is 0.146 e. The zero-order valence-electron chi connectivity index (χ0n) is 2.13. The summed E-state index contributed by atoms with van der Waals surface area (Å²) in [5.41, 5.74) is 0. The van der Waals surface area contributed by atoms with Crippen molar-refractivity contribution in [2.24, 2.45) is 0 Å². The summed E-state index contributed by atoms with van der Waals surface area (Å²) in [7, 11) is 0. The number of hydrogen-bond acceptors (Lipinski definition) is 0. The molecule has 0 nitrogen and oxygen atoms in total. The summed E-state index contributed by atoms with van der Waals surface area (Å²) in [5, 5.41) is 0. The summed E-state index contributed by atoms with van der Waals surface area (Å²) in [4.78, 5) is 0. The maximum atomic E-state index is 0. The van der Waals surface area contributed by atoms with Gasteiger partial charge in [0.05, 0.1) is 0 Å². The second-order valence-corrected chi connectivity index (χ2v) is 0. The Kier molecular flexibility index (Phi) is 160. The Hall–Kier alpha value is 2.25.